The Hall–Kier alpha value is -1.50. The van der Waals surface area contributed by atoms with Crippen LogP contribution in [-0.4, -0.2) is 5.16 Å². The van der Waals surface area contributed by atoms with Crippen LogP contribution in [0.1, 0.15) is 18.2 Å². The number of hydrogen-bond donors (Lipinski definition) is 1. The monoisotopic (exact) mass is 137 g/mol. The van der Waals surface area contributed by atoms with Crippen LogP contribution in [-0.2, 0) is 6.42 Å². The summed E-state index contributed by atoms with van der Waals surface area (Å²) in [4.78, 5) is 0. The standard InChI is InChI=1S/C6H7N3O/c1-2-5-4(3-7)6(8)10-9-5/h2,8H2,1H3. The normalized spacial score (nSPS) is 9.20. The smallest absolute Gasteiger partial charge is 0.240 e. The second-order valence-electron chi connectivity index (χ2n) is 1.83. The third-order valence-electron chi connectivity index (χ3n) is 1.24. The summed E-state index contributed by atoms with van der Waals surface area (Å²) in [5, 5.41) is 12.1. The molecule has 0 unspecified atom stereocenters. The van der Waals surface area contributed by atoms with Crippen molar-refractivity contribution in [3.05, 3.63) is 11.3 Å². The second kappa shape index (κ2) is 2.40. The topological polar surface area (TPSA) is 75.8 Å². The predicted molar refractivity (Wildman–Crippen MR) is 35.0 cm³/mol. The fourth-order valence-electron chi connectivity index (χ4n) is 0.699. The predicted octanol–water partition coefficient (Wildman–Crippen LogP) is 0.691. The van der Waals surface area contributed by atoms with Crippen molar-refractivity contribution in [1.82, 2.24) is 5.16 Å². The molecule has 1 rings (SSSR count). The number of rotatable bonds is 1. The molecular formula is C6H7N3O. The summed E-state index contributed by atoms with van der Waals surface area (Å²) in [6.45, 7) is 1.89. The van der Waals surface area contributed by atoms with E-state index >= 15 is 0 Å². The van der Waals surface area contributed by atoms with Crippen LogP contribution in [0.15, 0.2) is 4.52 Å². The second-order valence-corrected chi connectivity index (χ2v) is 1.83. The minimum absolute atomic E-state index is 0.111. The number of anilines is 1. The van der Waals surface area contributed by atoms with Gasteiger partial charge in [0.15, 0.2) is 0 Å². The summed E-state index contributed by atoms with van der Waals surface area (Å²) in [6.07, 6.45) is 0.670. The molecular weight excluding hydrogens is 130 g/mol. The van der Waals surface area contributed by atoms with Gasteiger partial charge in [0.2, 0.25) is 5.88 Å². The number of nitrogens with two attached hydrogens (primary N) is 1. The van der Waals surface area contributed by atoms with Crippen molar-refractivity contribution < 1.29 is 4.52 Å². The number of aryl methyl sites for hydroxylation is 1. The summed E-state index contributed by atoms with van der Waals surface area (Å²) >= 11 is 0. The van der Waals surface area contributed by atoms with Crippen LogP contribution < -0.4 is 5.73 Å². The molecule has 0 aromatic carbocycles. The first-order valence-electron chi connectivity index (χ1n) is 2.93. The molecule has 0 amide bonds. The average molecular weight is 137 g/mol. The SMILES string of the molecule is CCc1noc(N)c1C#N. The van der Waals surface area contributed by atoms with Gasteiger partial charge in [0.25, 0.3) is 0 Å². The van der Waals surface area contributed by atoms with Crippen molar-refractivity contribution in [3.63, 3.8) is 0 Å². The van der Waals surface area contributed by atoms with Crippen molar-refractivity contribution in [3.8, 4) is 6.07 Å². The molecule has 1 aromatic heterocycles. The van der Waals surface area contributed by atoms with Gasteiger partial charge < -0.3 is 10.3 Å². The number of nitrogen functional groups attached to an aromatic ring is 1. The molecule has 4 nitrogen and oxygen atoms in total. The minimum atomic E-state index is 0.111. The van der Waals surface area contributed by atoms with E-state index in [1.54, 1.807) is 0 Å². The Bertz CT molecular complexity index is 271. The van der Waals surface area contributed by atoms with Crippen LogP contribution in [0.3, 0.4) is 0 Å². The van der Waals surface area contributed by atoms with E-state index in [9.17, 15) is 0 Å². The molecule has 52 valence electrons. The number of nitrogens with zero attached hydrogens (tertiary/aromatic N) is 2. The molecule has 0 aliphatic heterocycles. The van der Waals surface area contributed by atoms with Crippen LogP contribution in [0.2, 0.25) is 0 Å². The minimum Gasteiger partial charge on any atom is -0.366 e. The number of hydrogen-bond acceptors (Lipinski definition) is 4. The molecule has 4 heteroatoms. The molecule has 0 fully saturated rings. The Morgan fingerprint density at radius 2 is 2.50 bits per heavy atom. The van der Waals surface area contributed by atoms with E-state index in [0.717, 1.165) is 0 Å². The summed E-state index contributed by atoms with van der Waals surface area (Å²) in [5.74, 6) is 0.111. The van der Waals surface area contributed by atoms with Gasteiger partial charge in [0.1, 0.15) is 17.3 Å². The third-order valence-corrected chi connectivity index (χ3v) is 1.24. The first kappa shape index (κ1) is 6.62. The lowest BCUT2D eigenvalue weighted by Crippen LogP contribution is -1.87. The lowest BCUT2D eigenvalue weighted by Gasteiger charge is -1.82. The van der Waals surface area contributed by atoms with Gasteiger partial charge in [-0.25, -0.2) is 0 Å². The Morgan fingerprint density at radius 3 is 2.90 bits per heavy atom. The maximum absolute atomic E-state index is 8.49. The van der Waals surface area contributed by atoms with Gasteiger partial charge in [-0.3, -0.25) is 0 Å². The van der Waals surface area contributed by atoms with Crippen molar-refractivity contribution in [2.75, 3.05) is 5.73 Å². The lowest BCUT2D eigenvalue weighted by molar-refractivity contribution is 0.428. The zero-order valence-electron chi connectivity index (χ0n) is 5.59. The van der Waals surface area contributed by atoms with Gasteiger partial charge in [-0.15, -0.1) is 0 Å². The van der Waals surface area contributed by atoms with E-state index in [4.69, 9.17) is 11.0 Å². The van der Waals surface area contributed by atoms with Gasteiger partial charge in [-0.1, -0.05) is 12.1 Å². The quantitative estimate of drug-likeness (QED) is 0.617. The summed E-state index contributed by atoms with van der Waals surface area (Å²) < 4.78 is 4.58. The van der Waals surface area contributed by atoms with E-state index in [1.165, 1.54) is 0 Å². The Kier molecular flexibility index (Phi) is 1.59. The molecule has 0 saturated heterocycles. The van der Waals surface area contributed by atoms with E-state index in [0.29, 0.717) is 17.7 Å². The van der Waals surface area contributed by atoms with Gasteiger partial charge in [-0.05, 0) is 6.42 Å². The molecule has 0 spiro atoms. The molecule has 0 radical (unpaired) electrons. The van der Waals surface area contributed by atoms with E-state index in [-0.39, 0.29) is 5.88 Å². The molecule has 0 saturated carbocycles. The fourth-order valence-corrected chi connectivity index (χ4v) is 0.699. The summed E-state index contributed by atoms with van der Waals surface area (Å²) in [6, 6.07) is 1.91. The van der Waals surface area contributed by atoms with E-state index in [2.05, 4.69) is 9.68 Å². The van der Waals surface area contributed by atoms with Crippen molar-refractivity contribution in [1.29, 1.82) is 5.26 Å². The Balaban J connectivity index is 3.17. The van der Waals surface area contributed by atoms with E-state index < -0.39 is 0 Å². The molecule has 0 atom stereocenters. The van der Waals surface area contributed by atoms with Crippen LogP contribution in [0.4, 0.5) is 5.88 Å². The van der Waals surface area contributed by atoms with Crippen molar-refractivity contribution in [2.24, 2.45) is 0 Å². The maximum Gasteiger partial charge on any atom is 0.240 e. The Morgan fingerprint density at radius 1 is 1.80 bits per heavy atom. The Labute approximate surface area is 58.2 Å². The molecule has 0 bridgehead atoms. The zero-order valence-corrected chi connectivity index (χ0v) is 5.59. The van der Waals surface area contributed by atoms with Gasteiger partial charge in [0.05, 0.1) is 0 Å². The number of nitriles is 1. The molecule has 2 N–H and O–H groups in total. The van der Waals surface area contributed by atoms with E-state index in [1.807, 2.05) is 13.0 Å². The van der Waals surface area contributed by atoms with Crippen molar-refractivity contribution >= 4 is 5.88 Å². The highest BCUT2D eigenvalue weighted by molar-refractivity contribution is 5.48. The largest absolute Gasteiger partial charge is 0.366 e. The molecule has 0 aliphatic rings. The van der Waals surface area contributed by atoms with Gasteiger partial charge in [-0.2, -0.15) is 5.26 Å². The first-order chi connectivity index (χ1) is 4.79. The highest BCUT2D eigenvalue weighted by Gasteiger charge is 2.09. The highest BCUT2D eigenvalue weighted by Crippen LogP contribution is 2.14. The fraction of sp³-hybridized carbons (Fsp3) is 0.333. The van der Waals surface area contributed by atoms with Crippen LogP contribution in [0.5, 0.6) is 0 Å². The van der Waals surface area contributed by atoms with Gasteiger partial charge >= 0.3 is 0 Å². The van der Waals surface area contributed by atoms with Gasteiger partial charge in [0, 0.05) is 0 Å². The summed E-state index contributed by atoms with van der Waals surface area (Å²) in [5.41, 5.74) is 6.26. The van der Waals surface area contributed by atoms with Crippen LogP contribution in [0, 0.1) is 11.3 Å². The summed E-state index contributed by atoms with van der Waals surface area (Å²) in [7, 11) is 0. The zero-order chi connectivity index (χ0) is 7.56. The molecule has 10 heavy (non-hydrogen) atoms. The molecule has 1 heterocycles. The molecule has 1 aromatic rings. The third kappa shape index (κ3) is 0.818. The number of aromatic nitrogens is 1. The highest BCUT2D eigenvalue weighted by atomic mass is 16.5. The first-order valence-corrected chi connectivity index (χ1v) is 2.93. The lowest BCUT2D eigenvalue weighted by atomic mass is 10.2. The molecule has 0 aliphatic carbocycles. The maximum atomic E-state index is 8.49. The average Bonchev–Trinajstić information content (AvgIpc) is 2.30. The van der Waals surface area contributed by atoms with Crippen molar-refractivity contribution in [2.45, 2.75) is 13.3 Å². The van der Waals surface area contributed by atoms with Crippen LogP contribution >= 0.6 is 0 Å². The van der Waals surface area contributed by atoms with Crippen LogP contribution in [0.25, 0.3) is 0 Å².